The van der Waals surface area contributed by atoms with Gasteiger partial charge >= 0.3 is 0 Å². The smallest absolute Gasteiger partial charge is 0.251 e. The molecule has 152 valence electrons. The Balaban J connectivity index is 1.40. The molecule has 0 bridgehead atoms. The molecule has 3 aromatic carbocycles. The number of hydrogen-bond acceptors (Lipinski definition) is 3. The monoisotopic (exact) mass is 398 g/mol. The quantitative estimate of drug-likeness (QED) is 0.510. The fourth-order valence-corrected chi connectivity index (χ4v) is 3.66. The normalized spacial score (nSPS) is 12.2. The summed E-state index contributed by atoms with van der Waals surface area (Å²) in [5, 5.41) is 3.07. The Labute approximate surface area is 177 Å². The number of likely N-dealkylation sites (N-methyl/N-ethyl adjacent to an activating group) is 1. The van der Waals surface area contributed by atoms with E-state index in [9.17, 15) is 4.79 Å². The zero-order valence-corrected chi connectivity index (χ0v) is 17.3. The van der Waals surface area contributed by atoms with Crippen LogP contribution in [0.15, 0.2) is 85.2 Å². The van der Waals surface area contributed by atoms with Crippen LogP contribution in [-0.2, 0) is 6.54 Å². The van der Waals surface area contributed by atoms with Crippen molar-refractivity contribution in [2.45, 2.75) is 12.6 Å². The number of hydrogen-bond donors (Lipinski definition) is 1. The van der Waals surface area contributed by atoms with E-state index in [0.717, 1.165) is 23.1 Å². The summed E-state index contributed by atoms with van der Waals surface area (Å²) in [4.78, 5) is 19.2. The number of imidazole rings is 1. The highest BCUT2D eigenvalue weighted by Gasteiger charge is 2.15. The predicted molar refractivity (Wildman–Crippen MR) is 120 cm³/mol. The molecular formula is C25H26N4O. The summed E-state index contributed by atoms with van der Waals surface area (Å²) in [5.74, 6) is -0.0580. The first-order valence-corrected chi connectivity index (χ1v) is 10.1. The molecule has 4 rings (SSSR count). The summed E-state index contributed by atoms with van der Waals surface area (Å²) in [6, 6.07) is 26.2. The minimum Gasteiger partial charge on any atom is -0.350 e. The van der Waals surface area contributed by atoms with Crippen molar-refractivity contribution < 1.29 is 4.79 Å². The number of amides is 1. The number of benzene rings is 3. The minimum atomic E-state index is -0.0580. The number of nitrogens with zero attached hydrogens (tertiary/aromatic N) is 3. The van der Waals surface area contributed by atoms with Gasteiger partial charge in [0, 0.05) is 18.7 Å². The molecule has 0 spiro atoms. The van der Waals surface area contributed by atoms with Crippen LogP contribution in [0.4, 0.5) is 0 Å². The summed E-state index contributed by atoms with van der Waals surface area (Å²) in [6.07, 6.45) is 1.86. The van der Waals surface area contributed by atoms with Gasteiger partial charge in [-0.25, -0.2) is 4.98 Å². The fraction of sp³-hybridized carbons (Fsp3) is 0.200. The first-order chi connectivity index (χ1) is 14.6. The predicted octanol–water partition coefficient (Wildman–Crippen LogP) is 4.12. The van der Waals surface area contributed by atoms with Gasteiger partial charge in [0.25, 0.3) is 5.91 Å². The second kappa shape index (κ2) is 8.93. The van der Waals surface area contributed by atoms with Gasteiger partial charge in [0.1, 0.15) is 0 Å². The number of aromatic nitrogens is 2. The average Bonchev–Trinajstić information content (AvgIpc) is 3.18. The standard InChI is InChI=1S/C25H26N4O/c1-28(2)24(20-8-4-3-5-9-20)16-26-25(30)21-14-12-19(13-15-21)17-29-18-27-22-10-6-7-11-23(22)29/h3-15,18,24H,16-17H2,1-2H3,(H,26,30)/t24-/m1/s1. The van der Waals surface area contributed by atoms with Crippen molar-refractivity contribution in [3.8, 4) is 0 Å². The lowest BCUT2D eigenvalue weighted by atomic mass is 10.1. The van der Waals surface area contributed by atoms with Crippen LogP contribution in [0.2, 0.25) is 0 Å². The highest BCUT2D eigenvalue weighted by Crippen LogP contribution is 2.17. The molecule has 1 N–H and O–H groups in total. The van der Waals surface area contributed by atoms with Crippen molar-refractivity contribution in [1.29, 1.82) is 0 Å². The molecule has 1 amide bonds. The van der Waals surface area contributed by atoms with Crippen LogP contribution >= 0.6 is 0 Å². The molecule has 30 heavy (non-hydrogen) atoms. The number of fused-ring (bicyclic) bond motifs is 1. The Bertz CT molecular complexity index is 1120. The fourth-order valence-electron chi connectivity index (χ4n) is 3.66. The molecule has 0 unspecified atom stereocenters. The number of para-hydroxylation sites is 2. The maximum Gasteiger partial charge on any atom is 0.251 e. The summed E-state index contributed by atoms with van der Waals surface area (Å²) in [6.45, 7) is 1.28. The van der Waals surface area contributed by atoms with Crippen molar-refractivity contribution in [3.05, 3.63) is 102 Å². The Morgan fingerprint density at radius 3 is 2.40 bits per heavy atom. The van der Waals surface area contributed by atoms with Crippen LogP contribution in [0, 0.1) is 0 Å². The maximum absolute atomic E-state index is 12.7. The van der Waals surface area contributed by atoms with Crippen LogP contribution in [0.1, 0.15) is 27.5 Å². The van der Waals surface area contributed by atoms with Gasteiger partial charge in [-0.2, -0.15) is 0 Å². The van der Waals surface area contributed by atoms with Crippen LogP contribution in [0.3, 0.4) is 0 Å². The second-order valence-corrected chi connectivity index (χ2v) is 7.66. The summed E-state index contributed by atoms with van der Waals surface area (Å²) in [5.41, 5.74) is 5.08. The Morgan fingerprint density at radius 2 is 1.67 bits per heavy atom. The van der Waals surface area contributed by atoms with Gasteiger partial charge in [-0.3, -0.25) is 4.79 Å². The van der Waals surface area contributed by atoms with E-state index in [0.29, 0.717) is 12.1 Å². The van der Waals surface area contributed by atoms with E-state index in [1.807, 2.05) is 81.1 Å². The molecule has 0 aliphatic rings. The van der Waals surface area contributed by atoms with E-state index < -0.39 is 0 Å². The summed E-state index contributed by atoms with van der Waals surface area (Å²) >= 11 is 0. The molecule has 0 aliphatic carbocycles. The molecule has 0 fully saturated rings. The average molecular weight is 399 g/mol. The zero-order chi connectivity index (χ0) is 20.9. The van der Waals surface area contributed by atoms with Gasteiger partial charge in [0.2, 0.25) is 0 Å². The van der Waals surface area contributed by atoms with Crippen LogP contribution < -0.4 is 5.32 Å². The molecule has 1 aromatic heterocycles. The topological polar surface area (TPSA) is 50.2 Å². The first kappa shape index (κ1) is 19.9. The molecular weight excluding hydrogens is 372 g/mol. The van der Waals surface area contributed by atoms with Gasteiger partial charge in [0.15, 0.2) is 0 Å². The lowest BCUT2D eigenvalue weighted by Crippen LogP contribution is -2.34. The van der Waals surface area contributed by atoms with E-state index >= 15 is 0 Å². The molecule has 0 aliphatic heterocycles. The molecule has 0 saturated carbocycles. The Kier molecular flexibility index (Phi) is 5.91. The summed E-state index contributed by atoms with van der Waals surface area (Å²) in [7, 11) is 4.05. The van der Waals surface area contributed by atoms with E-state index in [4.69, 9.17) is 0 Å². The van der Waals surface area contributed by atoms with Gasteiger partial charge < -0.3 is 14.8 Å². The molecule has 4 aromatic rings. The van der Waals surface area contributed by atoms with Crippen molar-refractivity contribution in [1.82, 2.24) is 19.8 Å². The highest BCUT2D eigenvalue weighted by molar-refractivity contribution is 5.94. The highest BCUT2D eigenvalue weighted by atomic mass is 16.1. The van der Waals surface area contributed by atoms with Crippen molar-refractivity contribution in [2.75, 3.05) is 20.6 Å². The second-order valence-electron chi connectivity index (χ2n) is 7.66. The Hall–Kier alpha value is -3.44. The molecule has 0 radical (unpaired) electrons. The van der Waals surface area contributed by atoms with Crippen molar-refractivity contribution >= 4 is 16.9 Å². The lowest BCUT2D eigenvalue weighted by Gasteiger charge is -2.25. The molecule has 1 heterocycles. The van der Waals surface area contributed by atoms with Crippen molar-refractivity contribution in [3.63, 3.8) is 0 Å². The molecule has 1 atom stereocenters. The van der Waals surface area contributed by atoms with Crippen LogP contribution in [-0.4, -0.2) is 41.0 Å². The first-order valence-electron chi connectivity index (χ1n) is 10.1. The summed E-state index contributed by atoms with van der Waals surface area (Å²) < 4.78 is 2.12. The number of carbonyl (C=O) groups is 1. The number of carbonyl (C=O) groups excluding carboxylic acids is 1. The third kappa shape index (κ3) is 4.42. The van der Waals surface area contributed by atoms with Crippen LogP contribution in [0.25, 0.3) is 11.0 Å². The van der Waals surface area contributed by atoms with Gasteiger partial charge in [0.05, 0.1) is 23.4 Å². The van der Waals surface area contributed by atoms with Gasteiger partial charge in [-0.05, 0) is 49.5 Å². The SMILES string of the molecule is CN(C)[C@H](CNC(=O)c1ccc(Cn2cnc3ccccc32)cc1)c1ccccc1. The van der Waals surface area contributed by atoms with Gasteiger partial charge in [-0.1, -0.05) is 54.6 Å². The lowest BCUT2D eigenvalue weighted by molar-refractivity contribution is 0.0942. The third-order valence-electron chi connectivity index (χ3n) is 5.36. The van der Waals surface area contributed by atoms with E-state index in [2.05, 4.69) is 38.0 Å². The largest absolute Gasteiger partial charge is 0.350 e. The molecule has 5 heteroatoms. The minimum absolute atomic E-state index is 0.0580. The van der Waals surface area contributed by atoms with E-state index in [1.54, 1.807) is 0 Å². The zero-order valence-electron chi connectivity index (χ0n) is 17.3. The molecule has 5 nitrogen and oxygen atoms in total. The van der Waals surface area contributed by atoms with Crippen LogP contribution in [0.5, 0.6) is 0 Å². The third-order valence-corrected chi connectivity index (χ3v) is 5.36. The molecule has 0 saturated heterocycles. The number of rotatable bonds is 7. The Morgan fingerprint density at radius 1 is 0.967 bits per heavy atom. The number of nitrogens with one attached hydrogen (secondary N) is 1. The van der Waals surface area contributed by atoms with Crippen molar-refractivity contribution in [2.24, 2.45) is 0 Å². The maximum atomic E-state index is 12.7. The van der Waals surface area contributed by atoms with E-state index in [-0.39, 0.29) is 11.9 Å². The van der Waals surface area contributed by atoms with Gasteiger partial charge in [-0.15, -0.1) is 0 Å². The van der Waals surface area contributed by atoms with E-state index in [1.165, 1.54) is 5.56 Å².